The van der Waals surface area contributed by atoms with Crippen molar-refractivity contribution in [2.24, 2.45) is 5.92 Å². The number of likely N-dealkylation sites (N-methyl/N-ethyl adjacent to an activating group) is 1. The molecule has 4 heteroatoms. The Morgan fingerprint density at radius 3 is 2.58 bits per heavy atom. The van der Waals surface area contributed by atoms with Crippen LogP contribution in [0, 0.1) is 11.7 Å². The first-order valence-corrected chi connectivity index (χ1v) is 6.71. The van der Waals surface area contributed by atoms with E-state index in [2.05, 4.69) is 0 Å². The van der Waals surface area contributed by atoms with Gasteiger partial charge in [-0.25, -0.2) is 4.39 Å². The average molecular weight is 265 g/mol. The van der Waals surface area contributed by atoms with Crippen molar-refractivity contribution in [1.82, 2.24) is 4.90 Å². The lowest BCUT2D eigenvalue weighted by atomic mass is 9.99. The number of hydrogen-bond donors (Lipinski definition) is 0. The van der Waals surface area contributed by atoms with E-state index in [0.717, 1.165) is 38.2 Å². The Kier molecular flexibility index (Phi) is 4.91. The minimum absolute atomic E-state index is 0.0816. The third-order valence-electron chi connectivity index (χ3n) is 3.57. The summed E-state index contributed by atoms with van der Waals surface area (Å²) in [4.78, 5) is 13.8. The summed E-state index contributed by atoms with van der Waals surface area (Å²) in [6.45, 7) is 2.37. The molecule has 1 aliphatic heterocycles. The Bertz CT molecular complexity index is 413. The maximum Gasteiger partial charge on any atom is 0.226 e. The summed E-state index contributed by atoms with van der Waals surface area (Å²) in [6.07, 6.45) is 2.38. The zero-order valence-electron chi connectivity index (χ0n) is 11.3. The number of rotatable bonds is 4. The molecule has 0 bridgehead atoms. The standard InChI is InChI=1S/C15H20FNO2/c1-17(11-13-6-8-19-9-7-13)15(18)10-12-2-4-14(16)5-3-12/h2-5,13H,6-11H2,1H3. The van der Waals surface area contributed by atoms with Gasteiger partial charge in [0.05, 0.1) is 6.42 Å². The van der Waals surface area contributed by atoms with Crippen molar-refractivity contribution < 1.29 is 13.9 Å². The third kappa shape index (κ3) is 4.31. The summed E-state index contributed by atoms with van der Waals surface area (Å²) >= 11 is 0. The molecule has 1 aromatic rings. The molecule has 0 aliphatic carbocycles. The van der Waals surface area contributed by atoms with Gasteiger partial charge in [0.25, 0.3) is 0 Å². The number of ether oxygens (including phenoxy) is 1. The topological polar surface area (TPSA) is 29.5 Å². The van der Waals surface area contributed by atoms with Crippen LogP contribution in [0.5, 0.6) is 0 Å². The molecule has 0 unspecified atom stereocenters. The van der Waals surface area contributed by atoms with Gasteiger partial charge in [-0.15, -0.1) is 0 Å². The van der Waals surface area contributed by atoms with Crippen LogP contribution in [0.1, 0.15) is 18.4 Å². The molecule has 0 spiro atoms. The first-order chi connectivity index (χ1) is 9.15. The molecule has 3 nitrogen and oxygen atoms in total. The van der Waals surface area contributed by atoms with E-state index in [1.807, 2.05) is 7.05 Å². The minimum atomic E-state index is -0.272. The molecular weight excluding hydrogens is 245 g/mol. The van der Waals surface area contributed by atoms with E-state index in [9.17, 15) is 9.18 Å². The van der Waals surface area contributed by atoms with Gasteiger partial charge in [-0.05, 0) is 36.5 Å². The molecule has 0 radical (unpaired) electrons. The number of benzene rings is 1. The molecular formula is C15H20FNO2. The summed E-state index contributed by atoms with van der Waals surface area (Å²) in [5, 5.41) is 0. The van der Waals surface area contributed by atoms with E-state index < -0.39 is 0 Å². The number of carbonyl (C=O) groups excluding carboxylic acids is 1. The normalized spacial score (nSPS) is 16.3. The molecule has 0 aromatic heterocycles. The van der Waals surface area contributed by atoms with Crippen molar-refractivity contribution in [3.63, 3.8) is 0 Å². The van der Waals surface area contributed by atoms with E-state index >= 15 is 0 Å². The van der Waals surface area contributed by atoms with Crippen molar-refractivity contribution in [2.75, 3.05) is 26.8 Å². The van der Waals surface area contributed by atoms with Crippen LogP contribution in [0.4, 0.5) is 4.39 Å². The molecule has 0 saturated carbocycles. The Morgan fingerprint density at radius 2 is 1.95 bits per heavy atom. The highest BCUT2D eigenvalue weighted by Gasteiger charge is 2.18. The van der Waals surface area contributed by atoms with Crippen molar-refractivity contribution >= 4 is 5.91 Å². The molecule has 1 amide bonds. The zero-order valence-corrected chi connectivity index (χ0v) is 11.3. The van der Waals surface area contributed by atoms with Crippen LogP contribution < -0.4 is 0 Å². The van der Waals surface area contributed by atoms with Gasteiger partial charge in [0.2, 0.25) is 5.91 Å². The molecule has 104 valence electrons. The lowest BCUT2D eigenvalue weighted by molar-refractivity contribution is -0.130. The van der Waals surface area contributed by atoms with Crippen molar-refractivity contribution in [3.8, 4) is 0 Å². The van der Waals surface area contributed by atoms with E-state index in [1.165, 1.54) is 12.1 Å². The van der Waals surface area contributed by atoms with E-state index in [4.69, 9.17) is 4.74 Å². The molecule has 1 heterocycles. The van der Waals surface area contributed by atoms with Gasteiger partial charge in [0.1, 0.15) is 5.82 Å². The highest BCUT2D eigenvalue weighted by atomic mass is 19.1. The van der Waals surface area contributed by atoms with Crippen LogP contribution in [0.25, 0.3) is 0 Å². The van der Waals surface area contributed by atoms with E-state index in [-0.39, 0.29) is 11.7 Å². The predicted octanol–water partition coefficient (Wildman–Crippen LogP) is 2.25. The fourth-order valence-electron chi connectivity index (χ4n) is 2.33. The summed E-state index contributed by atoms with van der Waals surface area (Å²) in [5.74, 6) is 0.348. The van der Waals surface area contributed by atoms with Gasteiger partial charge in [0.15, 0.2) is 0 Å². The second-order valence-corrected chi connectivity index (χ2v) is 5.13. The molecule has 0 N–H and O–H groups in total. The van der Waals surface area contributed by atoms with Crippen molar-refractivity contribution in [1.29, 1.82) is 0 Å². The van der Waals surface area contributed by atoms with Crippen LogP contribution in [0.2, 0.25) is 0 Å². The Balaban J connectivity index is 1.83. The molecule has 0 atom stereocenters. The molecule has 1 fully saturated rings. The second-order valence-electron chi connectivity index (χ2n) is 5.13. The lowest BCUT2D eigenvalue weighted by Crippen LogP contribution is -2.35. The number of amides is 1. The fourth-order valence-corrected chi connectivity index (χ4v) is 2.33. The maximum absolute atomic E-state index is 12.8. The summed E-state index contributed by atoms with van der Waals surface area (Å²) in [6, 6.07) is 6.10. The number of hydrogen-bond acceptors (Lipinski definition) is 2. The van der Waals surface area contributed by atoms with Gasteiger partial charge in [-0.3, -0.25) is 4.79 Å². The highest BCUT2D eigenvalue weighted by molar-refractivity contribution is 5.78. The monoisotopic (exact) mass is 265 g/mol. The minimum Gasteiger partial charge on any atom is -0.381 e. The highest BCUT2D eigenvalue weighted by Crippen LogP contribution is 2.16. The Hall–Kier alpha value is -1.42. The van der Waals surface area contributed by atoms with Crippen molar-refractivity contribution in [3.05, 3.63) is 35.6 Å². The van der Waals surface area contributed by atoms with Crippen LogP contribution in [-0.2, 0) is 16.0 Å². The Morgan fingerprint density at radius 1 is 1.32 bits per heavy atom. The first kappa shape index (κ1) is 14.0. The number of halogens is 1. The molecule has 19 heavy (non-hydrogen) atoms. The van der Waals surface area contributed by atoms with Gasteiger partial charge in [-0.1, -0.05) is 12.1 Å². The number of carbonyl (C=O) groups is 1. The van der Waals surface area contributed by atoms with Crippen LogP contribution in [-0.4, -0.2) is 37.6 Å². The largest absolute Gasteiger partial charge is 0.381 e. The quantitative estimate of drug-likeness (QED) is 0.835. The maximum atomic E-state index is 12.8. The van der Waals surface area contributed by atoms with Gasteiger partial charge in [-0.2, -0.15) is 0 Å². The number of nitrogens with zero attached hydrogens (tertiary/aromatic N) is 1. The first-order valence-electron chi connectivity index (χ1n) is 6.71. The van der Waals surface area contributed by atoms with E-state index in [0.29, 0.717) is 12.3 Å². The second kappa shape index (κ2) is 6.66. The molecule has 1 aliphatic rings. The van der Waals surface area contributed by atoms with Crippen LogP contribution >= 0.6 is 0 Å². The molecule has 2 rings (SSSR count). The van der Waals surface area contributed by atoms with E-state index in [1.54, 1.807) is 17.0 Å². The smallest absolute Gasteiger partial charge is 0.226 e. The van der Waals surface area contributed by atoms with Gasteiger partial charge in [0, 0.05) is 26.8 Å². The van der Waals surface area contributed by atoms with Crippen LogP contribution in [0.3, 0.4) is 0 Å². The summed E-state index contributed by atoms with van der Waals surface area (Å²) in [5.41, 5.74) is 0.852. The predicted molar refractivity (Wildman–Crippen MR) is 71.3 cm³/mol. The fraction of sp³-hybridized carbons (Fsp3) is 0.533. The lowest BCUT2D eigenvalue weighted by Gasteiger charge is -2.27. The zero-order chi connectivity index (χ0) is 13.7. The average Bonchev–Trinajstić information content (AvgIpc) is 2.42. The molecule has 1 aromatic carbocycles. The van der Waals surface area contributed by atoms with Crippen LogP contribution in [0.15, 0.2) is 24.3 Å². The van der Waals surface area contributed by atoms with Crippen molar-refractivity contribution in [2.45, 2.75) is 19.3 Å². The molecule has 1 saturated heterocycles. The third-order valence-corrected chi connectivity index (χ3v) is 3.57. The summed E-state index contributed by atoms with van der Waals surface area (Å²) < 4.78 is 18.1. The van der Waals surface area contributed by atoms with Gasteiger partial charge < -0.3 is 9.64 Å². The Labute approximate surface area is 113 Å². The SMILES string of the molecule is CN(CC1CCOCC1)C(=O)Cc1ccc(F)cc1. The van der Waals surface area contributed by atoms with Gasteiger partial charge >= 0.3 is 0 Å². The summed E-state index contributed by atoms with van der Waals surface area (Å²) in [7, 11) is 1.83.